The summed E-state index contributed by atoms with van der Waals surface area (Å²) < 4.78 is 1.32. The number of carbonyl (C=O) groups is 1. The highest BCUT2D eigenvalue weighted by Gasteiger charge is 2.09. The Labute approximate surface area is 109 Å². The number of halogens is 3. The van der Waals surface area contributed by atoms with Gasteiger partial charge in [0, 0.05) is 14.0 Å². The average molecular weight is 352 g/mol. The van der Waals surface area contributed by atoms with Gasteiger partial charge in [0.05, 0.1) is 11.8 Å². The van der Waals surface area contributed by atoms with Crippen molar-refractivity contribution in [1.29, 1.82) is 5.26 Å². The normalized spacial score (nSPS) is 9.47. The molecule has 1 aromatic rings. The molecule has 0 spiro atoms. The lowest BCUT2D eigenvalue weighted by molar-refractivity contribution is -0.115. The van der Waals surface area contributed by atoms with Gasteiger partial charge in [0.2, 0.25) is 5.91 Å². The molecular formula is C9H5Br2ClN2O. The van der Waals surface area contributed by atoms with E-state index in [4.69, 9.17) is 16.9 Å². The topological polar surface area (TPSA) is 52.9 Å². The quantitative estimate of drug-likeness (QED) is 0.882. The zero-order valence-corrected chi connectivity index (χ0v) is 11.3. The first kappa shape index (κ1) is 12.5. The molecule has 0 aromatic heterocycles. The van der Waals surface area contributed by atoms with Crippen LogP contribution in [0, 0.1) is 11.3 Å². The SMILES string of the molecule is N#CCC(=O)Nc1c(Br)cc(Cl)cc1Br. The summed E-state index contributed by atoms with van der Waals surface area (Å²) in [6.45, 7) is 0. The van der Waals surface area contributed by atoms with E-state index in [-0.39, 0.29) is 12.3 Å². The molecule has 1 aromatic carbocycles. The van der Waals surface area contributed by atoms with Crippen LogP contribution in [0.4, 0.5) is 5.69 Å². The lowest BCUT2D eigenvalue weighted by atomic mass is 10.3. The van der Waals surface area contributed by atoms with E-state index >= 15 is 0 Å². The van der Waals surface area contributed by atoms with Gasteiger partial charge in [-0.25, -0.2) is 0 Å². The van der Waals surface area contributed by atoms with Crippen molar-refractivity contribution in [3.05, 3.63) is 26.1 Å². The monoisotopic (exact) mass is 350 g/mol. The van der Waals surface area contributed by atoms with Crippen LogP contribution in [0.25, 0.3) is 0 Å². The number of hydrogen-bond donors (Lipinski definition) is 1. The average Bonchev–Trinajstić information content (AvgIpc) is 2.11. The van der Waals surface area contributed by atoms with E-state index in [1.165, 1.54) is 0 Å². The van der Waals surface area contributed by atoms with E-state index in [9.17, 15) is 4.79 Å². The summed E-state index contributed by atoms with van der Waals surface area (Å²) in [5.41, 5.74) is 0.569. The Kier molecular flexibility index (Phi) is 4.58. The van der Waals surface area contributed by atoms with Gasteiger partial charge >= 0.3 is 0 Å². The minimum Gasteiger partial charge on any atom is -0.323 e. The molecule has 15 heavy (non-hydrogen) atoms. The van der Waals surface area contributed by atoms with Gasteiger partial charge in [0.25, 0.3) is 0 Å². The first-order chi connectivity index (χ1) is 7.04. The van der Waals surface area contributed by atoms with Crippen molar-refractivity contribution in [2.75, 3.05) is 5.32 Å². The molecule has 6 heteroatoms. The summed E-state index contributed by atoms with van der Waals surface area (Å²) in [6.07, 6.45) is -0.179. The molecule has 0 saturated carbocycles. The van der Waals surface area contributed by atoms with Crippen LogP contribution in [0.15, 0.2) is 21.1 Å². The van der Waals surface area contributed by atoms with Gasteiger partial charge in [-0.1, -0.05) is 11.6 Å². The molecule has 78 valence electrons. The van der Waals surface area contributed by atoms with Crippen LogP contribution in [0.5, 0.6) is 0 Å². The highest BCUT2D eigenvalue weighted by molar-refractivity contribution is 9.11. The van der Waals surface area contributed by atoms with Crippen molar-refractivity contribution < 1.29 is 4.79 Å². The third-order valence-corrected chi connectivity index (χ3v) is 2.98. The predicted molar refractivity (Wildman–Crippen MR) is 65.7 cm³/mol. The molecular weight excluding hydrogens is 347 g/mol. The molecule has 0 heterocycles. The number of rotatable bonds is 2. The highest BCUT2D eigenvalue weighted by atomic mass is 79.9. The Morgan fingerprint density at radius 2 is 2.00 bits per heavy atom. The summed E-state index contributed by atoms with van der Waals surface area (Å²) in [5, 5.41) is 11.5. The van der Waals surface area contributed by atoms with Crippen molar-refractivity contribution in [2.24, 2.45) is 0 Å². The number of nitrogens with zero attached hydrogens (tertiary/aromatic N) is 1. The van der Waals surface area contributed by atoms with Gasteiger partial charge in [0.15, 0.2) is 0 Å². The summed E-state index contributed by atoms with van der Waals surface area (Å²) >= 11 is 12.3. The highest BCUT2D eigenvalue weighted by Crippen LogP contribution is 2.34. The van der Waals surface area contributed by atoms with Crippen molar-refractivity contribution in [3.63, 3.8) is 0 Å². The molecule has 0 aliphatic carbocycles. The molecule has 0 aliphatic rings. The second-order valence-corrected chi connectivity index (χ2v) is 4.77. The van der Waals surface area contributed by atoms with Crippen molar-refractivity contribution in [3.8, 4) is 6.07 Å². The number of anilines is 1. The molecule has 1 amide bonds. The second kappa shape index (κ2) is 5.50. The van der Waals surface area contributed by atoms with Crippen LogP contribution >= 0.6 is 43.5 Å². The molecule has 0 atom stereocenters. The maximum Gasteiger partial charge on any atom is 0.238 e. The lowest BCUT2D eigenvalue weighted by Gasteiger charge is -2.08. The number of nitrogens with one attached hydrogen (secondary N) is 1. The van der Waals surface area contributed by atoms with Crippen molar-refractivity contribution in [2.45, 2.75) is 6.42 Å². The fraction of sp³-hybridized carbons (Fsp3) is 0.111. The smallest absolute Gasteiger partial charge is 0.238 e. The Morgan fingerprint density at radius 3 is 2.47 bits per heavy atom. The Morgan fingerprint density at radius 1 is 1.47 bits per heavy atom. The minimum absolute atomic E-state index is 0.179. The van der Waals surface area contributed by atoms with E-state index in [0.717, 1.165) is 0 Å². The van der Waals surface area contributed by atoms with Crippen molar-refractivity contribution >= 4 is 55.1 Å². The maximum absolute atomic E-state index is 11.2. The number of nitriles is 1. The first-order valence-electron chi connectivity index (χ1n) is 3.86. The summed E-state index contributed by atoms with van der Waals surface area (Å²) in [5.74, 6) is -0.360. The third kappa shape index (κ3) is 3.49. The second-order valence-electron chi connectivity index (χ2n) is 2.63. The fourth-order valence-electron chi connectivity index (χ4n) is 0.917. The molecule has 1 rings (SSSR count). The molecule has 0 aliphatic heterocycles. The first-order valence-corrected chi connectivity index (χ1v) is 5.82. The lowest BCUT2D eigenvalue weighted by Crippen LogP contribution is -2.11. The fourth-order valence-corrected chi connectivity index (χ4v) is 2.78. The molecule has 1 N–H and O–H groups in total. The van der Waals surface area contributed by atoms with Crippen LogP contribution in [-0.4, -0.2) is 5.91 Å². The molecule has 0 fully saturated rings. The summed E-state index contributed by atoms with van der Waals surface area (Å²) in [4.78, 5) is 11.2. The van der Waals surface area contributed by atoms with Crippen LogP contribution in [-0.2, 0) is 4.79 Å². The molecule has 0 saturated heterocycles. The van der Waals surface area contributed by atoms with Gasteiger partial charge in [-0.05, 0) is 44.0 Å². The number of carbonyl (C=O) groups excluding carboxylic acids is 1. The van der Waals surface area contributed by atoms with Crippen LogP contribution in [0.3, 0.4) is 0 Å². The van der Waals surface area contributed by atoms with E-state index in [1.807, 2.05) is 0 Å². The molecule has 0 unspecified atom stereocenters. The van der Waals surface area contributed by atoms with E-state index in [0.29, 0.717) is 19.7 Å². The minimum atomic E-state index is -0.360. The predicted octanol–water partition coefficient (Wildman–Crippen LogP) is 3.72. The van der Waals surface area contributed by atoms with Gasteiger partial charge in [0.1, 0.15) is 6.42 Å². The summed E-state index contributed by atoms with van der Waals surface area (Å²) in [7, 11) is 0. The number of hydrogen-bond acceptors (Lipinski definition) is 2. The molecule has 3 nitrogen and oxygen atoms in total. The van der Waals surface area contributed by atoms with Gasteiger partial charge in [-0.3, -0.25) is 4.79 Å². The largest absolute Gasteiger partial charge is 0.323 e. The molecule has 0 bridgehead atoms. The van der Waals surface area contributed by atoms with E-state index in [2.05, 4.69) is 37.2 Å². The zero-order valence-electron chi connectivity index (χ0n) is 7.35. The van der Waals surface area contributed by atoms with Crippen LogP contribution in [0.2, 0.25) is 5.02 Å². The Balaban J connectivity index is 2.96. The standard InChI is InChI=1S/C9H5Br2ClN2O/c10-6-3-5(12)4-7(11)9(6)14-8(15)1-2-13/h3-4H,1H2,(H,14,15). The van der Waals surface area contributed by atoms with Gasteiger partial charge in [-0.15, -0.1) is 0 Å². The van der Waals surface area contributed by atoms with Crippen LogP contribution < -0.4 is 5.32 Å². The number of benzene rings is 1. The van der Waals surface area contributed by atoms with Crippen molar-refractivity contribution in [1.82, 2.24) is 0 Å². The van der Waals surface area contributed by atoms with E-state index in [1.54, 1.807) is 18.2 Å². The van der Waals surface area contributed by atoms with Gasteiger partial charge < -0.3 is 5.32 Å². The third-order valence-electron chi connectivity index (χ3n) is 1.51. The molecule has 0 radical (unpaired) electrons. The van der Waals surface area contributed by atoms with Gasteiger partial charge in [-0.2, -0.15) is 5.26 Å². The summed E-state index contributed by atoms with van der Waals surface area (Å²) in [6, 6.07) is 5.09. The Hall–Kier alpha value is -0.570. The van der Waals surface area contributed by atoms with E-state index < -0.39 is 0 Å². The van der Waals surface area contributed by atoms with Crippen LogP contribution in [0.1, 0.15) is 6.42 Å². The zero-order chi connectivity index (χ0) is 11.4. The number of amides is 1. The maximum atomic E-state index is 11.2. The Bertz CT molecular complexity index is 419.